The Balaban J connectivity index is 2.45. The topological polar surface area (TPSA) is 48.1 Å². The minimum absolute atomic E-state index is 0.0829. The molecule has 2 N–H and O–H groups in total. The first-order chi connectivity index (χ1) is 8.95. The Bertz CT molecular complexity index is 591. The molecule has 0 aliphatic carbocycles. The van der Waals surface area contributed by atoms with Gasteiger partial charge in [0.25, 0.3) is 0 Å². The molecule has 19 heavy (non-hydrogen) atoms. The quantitative estimate of drug-likeness (QED) is 0.916. The van der Waals surface area contributed by atoms with Gasteiger partial charge in [0.1, 0.15) is 5.75 Å². The van der Waals surface area contributed by atoms with Crippen molar-refractivity contribution in [3.63, 3.8) is 0 Å². The zero-order chi connectivity index (χ0) is 14.0. The fourth-order valence-corrected chi connectivity index (χ4v) is 2.22. The maximum absolute atomic E-state index is 5.80. The van der Waals surface area contributed by atoms with Gasteiger partial charge in [-0.1, -0.05) is 13.8 Å². The summed E-state index contributed by atoms with van der Waals surface area (Å²) in [6, 6.07) is 8.15. The molecule has 0 spiro atoms. The van der Waals surface area contributed by atoms with E-state index in [9.17, 15) is 0 Å². The highest BCUT2D eigenvalue weighted by Crippen LogP contribution is 2.26. The Morgan fingerprint density at radius 2 is 2.00 bits per heavy atom. The number of fused-ring (bicyclic) bond motifs is 1. The number of methoxy groups -OCH3 is 1. The molecule has 2 rings (SSSR count). The summed E-state index contributed by atoms with van der Waals surface area (Å²) in [5.41, 5.74) is 9.23. The second-order valence-corrected chi connectivity index (χ2v) is 5.86. The number of pyridine rings is 1. The summed E-state index contributed by atoms with van der Waals surface area (Å²) in [5.74, 6) is 0.868. The number of hydrogen-bond donors (Lipinski definition) is 1. The van der Waals surface area contributed by atoms with Crippen LogP contribution in [-0.4, -0.2) is 18.6 Å². The van der Waals surface area contributed by atoms with E-state index in [2.05, 4.69) is 26.8 Å². The van der Waals surface area contributed by atoms with Gasteiger partial charge in [0.15, 0.2) is 0 Å². The fraction of sp³-hybridized carbons (Fsp3) is 0.438. The van der Waals surface area contributed by atoms with Crippen LogP contribution in [0.15, 0.2) is 24.3 Å². The average Bonchev–Trinajstić information content (AvgIpc) is 2.38. The standard InChI is InChI=1S/C16H22N2O/c1-11-7-12(9-16(2,3)10-17)18-15-6-5-13(19-4)8-14(11)15/h5-8H,9-10,17H2,1-4H3. The number of rotatable bonds is 4. The predicted molar refractivity (Wildman–Crippen MR) is 79.6 cm³/mol. The molecule has 0 aliphatic heterocycles. The van der Waals surface area contributed by atoms with Crippen molar-refractivity contribution < 1.29 is 4.74 Å². The Hall–Kier alpha value is -1.61. The van der Waals surface area contributed by atoms with Gasteiger partial charge in [-0.3, -0.25) is 4.98 Å². The van der Waals surface area contributed by atoms with Gasteiger partial charge in [0.05, 0.1) is 12.6 Å². The van der Waals surface area contributed by atoms with E-state index in [-0.39, 0.29) is 5.41 Å². The molecule has 1 heterocycles. The molecule has 0 saturated carbocycles. The van der Waals surface area contributed by atoms with Gasteiger partial charge in [0.2, 0.25) is 0 Å². The Labute approximate surface area is 114 Å². The summed E-state index contributed by atoms with van der Waals surface area (Å²) in [6.07, 6.45) is 0.895. The molecular formula is C16H22N2O. The molecule has 1 aromatic heterocycles. The van der Waals surface area contributed by atoms with Crippen molar-refractivity contribution in [1.82, 2.24) is 4.98 Å². The molecular weight excluding hydrogens is 236 g/mol. The molecule has 0 amide bonds. The Kier molecular flexibility index (Phi) is 3.76. The molecule has 0 saturated heterocycles. The minimum atomic E-state index is 0.0829. The summed E-state index contributed by atoms with van der Waals surface area (Å²) in [6.45, 7) is 7.11. The molecule has 0 bridgehead atoms. The molecule has 2 aromatic rings. The number of aromatic nitrogens is 1. The lowest BCUT2D eigenvalue weighted by Crippen LogP contribution is -2.26. The predicted octanol–water partition coefficient (Wildman–Crippen LogP) is 3.08. The van der Waals surface area contributed by atoms with Crippen LogP contribution in [-0.2, 0) is 6.42 Å². The first kappa shape index (κ1) is 13.8. The normalized spacial score (nSPS) is 11.8. The van der Waals surface area contributed by atoms with Crippen LogP contribution in [0, 0.1) is 12.3 Å². The number of ether oxygens (including phenoxy) is 1. The van der Waals surface area contributed by atoms with Crippen LogP contribution in [0.1, 0.15) is 25.1 Å². The van der Waals surface area contributed by atoms with Gasteiger partial charge in [-0.25, -0.2) is 0 Å². The molecule has 0 unspecified atom stereocenters. The average molecular weight is 258 g/mol. The number of hydrogen-bond acceptors (Lipinski definition) is 3. The van der Waals surface area contributed by atoms with Crippen LogP contribution < -0.4 is 10.5 Å². The number of benzene rings is 1. The van der Waals surface area contributed by atoms with Crippen molar-refractivity contribution in [3.8, 4) is 5.75 Å². The third kappa shape index (κ3) is 3.04. The second kappa shape index (κ2) is 5.17. The van der Waals surface area contributed by atoms with E-state index in [1.54, 1.807) is 7.11 Å². The van der Waals surface area contributed by atoms with Gasteiger partial charge in [0, 0.05) is 11.1 Å². The van der Waals surface area contributed by atoms with Crippen LogP contribution >= 0.6 is 0 Å². The van der Waals surface area contributed by atoms with E-state index < -0.39 is 0 Å². The third-order valence-corrected chi connectivity index (χ3v) is 3.49. The van der Waals surface area contributed by atoms with Crippen LogP contribution in [0.4, 0.5) is 0 Å². The van der Waals surface area contributed by atoms with Crippen molar-refractivity contribution in [2.45, 2.75) is 27.2 Å². The summed E-state index contributed by atoms with van der Waals surface area (Å²) >= 11 is 0. The van der Waals surface area contributed by atoms with E-state index in [1.807, 2.05) is 18.2 Å². The molecule has 0 atom stereocenters. The summed E-state index contributed by atoms with van der Waals surface area (Å²) in [5, 5.41) is 1.15. The molecule has 3 nitrogen and oxygen atoms in total. The highest BCUT2D eigenvalue weighted by atomic mass is 16.5. The maximum atomic E-state index is 5.80. The number of nitrogens with zero attached hydrogens (tertiary/aromatic N) is 1. The zero-order valence-corrected chi connectivity index (χ0v) is 12.2. The van der Waals surface area contributed by atoms with Crippen molar-refractivity contribution >= 4 is 10.9 Å². The molecule has 1 aromatic carbocycles. The van der Waals surface area contributed by atoms with Crippen molar-refractivity contribution in [3.05, 3.63) is 35.5 Å². The van der Waals surface area contributed by atoms with Crippen molar-refractivity contribution in [2.75, 3.05) is 13.7 Å². The highest BCUT2D eigenvalue weighted by molar-refractivity contribution is 5.83. The zero-order valence-electron chi connectivity index (χ0n) is 12.2. The highest BCUT2D eigenvalue weighted by Gasteiger charge is 2.17. The molecule has 3 heteroatoms. The van der Waals surface area contributed by atoms with Gasteiger partial charge in [-0.2, -0.15) is 0 Å². The van der Waals surface area contributed by atoms with E-state index in [4.69, 9.17) is 15.5 Å². The van der Waals surface area contributed by atoms with Crippen molar-refractivity contribution in [2.24, 2.45) is 11.1 Å². The van der Waals surface area contributed by atoms with Crippen LogP contribution in [0.5, 0.6) is 5.75 Å². The lowest BCUT2D eigenvalue weighted by Gasteiger charge is -2.22. The van der Waals surface area contributed by atoms with Crippen molar-refractivity contribution in [1.29, 1.82) is 0 Å². The van der Waals surface area contributed by atoms with Gasteiger partial charge in [-0.15, -0.1) is 0 Å². The lowest BCUT2D eigenvalue weighted by atomic mass is 9.87. The second-order valence-electron chi connectivity index (χ2n) is 5.86. The minimum Gasteiger partial charge on any atom is -0.497 e. The maximum Gasteiger partial charge on any atom is 0.119 e. The number of nitrogens with two attached hydrogens (primary N) is 1. The summed E-state index contributed by atoms with van der Waals surface area (Å²) in [7, 11) is 1.68. The van der Waals surface area contributed by atoms with Gasteiger partial charge >= 0.3 is 0 Å². The van der Waals surface area contributed by atoms with E-state index in [1.165, 1.54) is 5.56 Å². The monoisotopic (exact) mass is 258 g/mol. The Morgan fingerprint density at radius 1 is 1.26 bits per heavy atom. The first-order valence-corrected chi connectivity index (χ1v) is 6.59. The van der Waals surface area contributed by atoms with Crippen LogP contribution in [0.2, 0.25) is 0 Å². The number of aryl methyl sites for hydroxylation is 1. The third-order valence-electron chi connectivity index (χ3n) is 3.49. The largest absolute Gasteiger partial charge is 0.497 e. The first-order valence-electron chi connectivity index (χ1n) is 6.59. The smallest absolute Gasteiger partial charge is 0.119 e. The van der Waals surface area contributed by atoms with Crippen LogP contribution in [0.25, 0.3) is 10.9 Å². The molecule has 0 radical (unpaired) electrons. The van der Waals surface area contributed by atoms with Gasteiger partial charge in [-0.05, 0) is 55.1 Å². The molecule has 102 valence electrons. The van der Waals surface area contributed by atoms with Gasteiger partial charge < -0.3 is 10.5 Å². The Morgan fingerprint density at radius 3 is 2.63 bits per heavy atom. The van der Waals surface area contributed by atoms with E-state index >= 15 is 0 Å². The SMILES string of the molecule is COc1ccc2nc(CC(C)(C)CN)cc(C)c2c1. The summed E-state index contributed by atoms with van der Waals surface area (Å²) < 4.78 is 5.26. The fourth-order valence-electron chi connectivity index (χ4n) is 2.22. The summed E-state index contributed by atoms with van der Waals surface area (Å²) in [4.78, 5) is 4.73. The van der Waals surface area contributed by atoms with E-state index in [0.29, 0.717) is 6.54 Å². The van der Waals surface area contributed by atoms with E-state index in [0.717, 1.165) is 28.8 Å². The molecule has 0 fully saturated rings. The van der Waals surface area contributed by atoms with Crippen LogP contribution in [0.3, 0.4) is 0 Å². The molecule has 0 aliphatic rings. The lowest BCUT2D eigenvalue weighted by molar-refractivity contribution is 0.373.